The quantitative estimate of drug-likeness (QED) is 0.587. The van der Waals surface area contributed by atoms with Crippen molar-refractivity contribution in [3.05, 3.63) is 0 Å². The van der Waals surface area contributed by atoms with Gasteiger partial charge in [0.25, 0.3) is 0 Å². The van der Waals surface area contributed by atoms with E-state index in [2.05, 4.69) is 38.8 Å². The fourth-order valence-electron chi connectivity index (χ4n) is 4.67. The van der Waals surface area contributed by atoms with Gasteiger partial charge < -0.3 is 0 Å². The molecule has 4 bridgehead atoms. The van der Waals surface area contributed by atoms with Gasteiger partial charge >= 0.3 is 0 Å². The third-order valence-corrected chi connectivity index (χ3v) is 5.98. The predicted octanol–water partition coefficient (Wildman–Crippen LogP) is 4.26. The van der Waals surface area contributed by atoms with E-state index >= 15 is 0 Å². The minimum atomic E-state index is 0.491. The molecular formula is C11H16Br2. The summed E-state index contributed by atoms with van der Waals surface area (Å²) in [6.45, 7) is 2.49. The van der Waals surface area contributed by atoms with Gasteiger partial charge in [0, 0.05) is 8.65 Å². The Bertz CT molecular complexity index is 210. The van der Waals surface area contributed by atoms with Gasteiger partial charge in [0.1, 0.15) is 0 Å². The minimum Gasteiger partial charge on any atom is -0.0852 e. The second kappa shape index (κ2) is 2.37. The van der Waals surface area contributed by atoms with Crippen LogP contribution < -0.4 is 0 Å². The van der Waals surface area contributed by atoms with Crippen molar-refractivity contribution >= 4 is 31.9 Å². The Labute approximate surface area is 97.1 Å². The highest BCUT2D eigenvalue weighted by atomic mass is 79.9. The Morgan fingerprint density at radius 3 is 1.85 bits per heavy atom. The summed E-state index contributed by atoms with van der Waals surface area (Å²) >= 11 is 8.00. The van der Waals surface area contributed by atoms with Crippen LogP contribution in [0.15, 0.2) is 0 Å². The molecule has 0 radical (unpaired) electrons. The van der Waals surface area contributed by atoms with Crippen LogP contribution >= 0.6 is 31.9 Å². The molecule has 0 amide bonds. The Hall–Kier alpha value is 0.960. The van der Waals surface area contributed by atoms with E-state index in [4.69, 9.17) is 0 Å². The Kier molecular flexibility index (Phi) is 1.68. The third-order valence-electron chi connectivity index (χ3n) is 4.21. The standard InChI is InChI=1S/C11H16Br2/c1-9-2-8-3-10(12,5-9)7-11(13,4-8)6-9/h8H,2-7H2,1H3/t8?,9?,10-,11+. The van der Waals surface area contributed by atoms with Crippen molar-refractivity contribution in [2.45, 2.75) is 54.1 Å². The van der Waals surface area contributed by atoms with Crippen LogP contribution in [0.3, 0.4) is 0 Å². The first-order chi connectivity index (χ1) is 5.91. The lowest BCUT2D eigenvalue weighted by atomic mass is 9.50. The van der Waals surface area contributed by atoms with Gasteiger partial charge in [0.15, 0.2) is 0 Å². The van der Waals surface area contributed by atoms with E-state index < -0.39 is 0 Å². The Balaban J connectivity index is 2.03. The van der Waals surface area contributed by atoms with Crippen LogP contribution in [-0.2, 0) is 0 Å². The van der Waals surface area contributed by atoms with Gasteiger partial charge in [-0.25, -0.2) is 0 Å². The first kappa shape index (κ1) is 9.21. The van der Waals surface area contributed by atoms with Crippen molar-refractivity contribution in [1.82, 2.24) is 0 Å². The second-order valence-electron chi connectivity index (χ2n) is 6.12. The fraction of sp³-hybridized carbons (Fsp3) is 1.00. The highest BCUT2D eigenvalue weighted by molar-refractivity contribution is 9.10. The monoisotopic (exact) mass is 306 g/mol. The summed E-state index contributed by atoms with van der Waals surface area (Å²) in [6, 6.07) is 0. The molecule has 0 aliphatic heterocycles. The fourth-order valence-corrected chi connectivity index (χ4v) is 8.39. The van der Waals surface area contributed by atoms with Crippen molar-refractivity contribution in [3.8, 4) is 0 Å². The van der Waals surface area contributed by atoms with Gasteiger partial charge in [-0.2, -0.15) is 0 Å². The minimum absolute atomic E-state index is 0.491. The first-order valence-electron chi connectivity index (χ1n) is 5.28. The van der Waals surface area contributed by atoms with Crippen LogP contribution in [-0.4, -0.2) is 8.65 Å². The summed E-state index contributed by atoms with van der Waals surface area (Å²) in [7, 11) is 0. The number of hydrogen-bond donors (Lipinski definition) is 0. The molecule has 4 aliphatic rings. The predicted molar refractivity (Wildman–Crippen MR) is 62.6 cm³/mol. The largest absolute Gasteiger partial charge is 0.0852 e. The van der Waals surface area contributed by atoms with E-state index in [9.17, 15) is 0 Å². The molecule has 74 valence electrons. The van der Waals surface area contributed by atoms with Crippen molar-refractivity contribution in [1.29, 1.82) is 0 Å². The summed E-state index contributed by atoms with van der Waals surface area (Å²) in [4.78, 5) is 0. The van der Waals surface area contributed by atoms with Crippen LogP contribution in [0.5, 0.6) is 0 Å². The molecular weight excluding hydrogens is 292 g/mol. The summed E-state index contributed by atoms with van der Waals surface area (Å²) in [5.41, 5.74) is 0.631. The smallest absolute Gasteiger partial charge is 0.0279 e. The zero-order chi connectivity index (χ0) is 9.32. The molecule has 0 nitrogen and oxygen atoms in total. The normalized spacial score (nSPS) is 64.4. The molecule has 4 rings (SSSR count). The lowest BCUT2D eigenvalue weighted by Crippen LogP contribution is -2.57. The SMILES string of the molecule is CC12CC3C[C@@](Br)(C1)C[C@](Br)(C3)C2. The number of hydrogen-bond acceptors (Lipinski definition) is 0. The molecule has 13 heavy (non-hydrogen) atoms. The Morgan fingerprint density at radius 2 is 1.46 bits per heavy atom. The van der Waals surface area contributed by atoms with Gasteiger partial charge in [-0.05, 0) is 49.9 Å². The molecule has 4 aliphatic carbocycles. The first-order valence-corrected chi connectivity index (χ1v) is 6.87. The molecule has 0 saturated heterocycles. The zero-order valence-electron chi connectivity index (χ0n) is 8.08. The topological polar surface area (TPSA) is 0 Å². The average molecular weight is 308 g/mol. The van der Waals surface area contributed by atoms with Crippen LogP contribution in [0.4, 0.5) is 0 Å². The lowest BCUT2D eigenvalue weighted by Gasteiger charge is -2.62. The maximum absolute atomic E-state index is 4.00. The number of rotatable bonds is 0. The molecule has 0 spiro atoms. The maximum atomic E-state index is 4.00. The molecule has 2 unspecified atom stereocenters. The van der Waals surface area contributed by atoms with E-state index in [0.29, 0.717) is 14.1 Å². The number of alkyl halides is 2. The summed E-state index contributed by atoms with van der Waals surface area (Å²) < 4.78 is 0.981. The van der Waals surface area contributed by atoms with Crippen molar-refractivity contribution in [2.24, 2.45) is 11.3 Å². The third kappa shape index (κ3) is 1.35. The molecule has 2 heteroatoms. The Morgan fingerprint density at radius 1 is 0.923 bits per heavy atom. The van der Waals surface area contributed by atoms with Crippen molar-refractivity contribution < 1.29 is 0 Å². The van der Waals surface area contributed by atoms with Crippen LogP contribution in [0.25, 0.3) is 0 Å². The summed E-state index contributed by atoms with van der Waals surface area (Å²) in [5, 5.41) is 0. The van der Waals surface area contributed by atoms with Gasteiger partial charge in [0.2, 0.25) is 0 Å². The van der Waals surface area contributed by atoms with E-state index in [-0.39, 0.29) is 0 Å². The molecule has 0 aromatic carbocycles. The van der Waals surface area contributed by atoms with E-state index in [1.165, 1.54) is 38.5 Å². The molecule has 4 saturated carbocycles. The summed E-state index contributed by atoms with van der Waals surface area (Å²) in [5.74, 6) is 0.986. The molecule has 0 aromatic heterocycles. The molecule has 4 fully saturated rings. The van der Waals surface area contributed by atoms with Crippen LogP contribution in [0, 0.1) is 11.3 Å². The average Bonchev–Trinajstić information content (AvgIpc) is 1.71. The van der Waals surface area contributed by atoms with Crippen LogP contribution in [0.1, 0.15) is 45.4 Å². The van der Waals surface area contributed by atoms with Crippen molar-refractivity contribution in [2.75, 3.05) is 0 Å². The molecule has 4 atom stereocenters. The number of halogens is 2. The highest BCUT2D eigenvalue weighted by Crippen LogP contribution is 2.67. The molecule has 0 N–H and O–H groups in total. The summed E-state index contributed by atoms with van der Waals surface area (Å²) in [6.07, 6.45) is 8.50. The van der Waals surface area contributed by atoms with E-state index in [1.54, 1.807) is 0 Å². The zero-order valence-corrected chi connectivity index (χ0v) is 11.2. The molecule has 0 heterocycles. The van der Waals surface area contributed by atoms with Gasteiger partial charge in [0.05, 0.1) is 0 Å². The highest BCUT2D eigenvalue weighted by Gasteiger charge is 2.60. The van der Waals surface area contributed by atoms with Gasteiger partial charge in [-0.15, -0.1) is 0 Å². The van der Waals surface area contributed by atoms with E-state index in [1.807, 2.05) is 0 Å². The molecule has 0 aromatic rings. The van der Waals surface area contributed by atoms with E-state index in [0.717, 1.165) is 5.92 Å². The second-order valence-corrected chi connectivity index (χ2v) is 9.49. The van der Waals surface area contributed by atoms with Crippen molar-refractivity contribution in [3.63, 3.8) is 0 Å². The van der Waals surface area contributed by atoms with Gasteiger partial charge in [-0.3, -0.25) is 0 Å². The lowest BCUT2D eigenvalue weighted by molar-refractivity contribution is -0.00373. The van der Waals surface area contributed by atoms with Gasteiger partial charge in [-0.1, -0.05) is 38.8 Å². The maximum Gasteiger partial charge on any atom is 0.0279 e. The van der Waals surface area contributed by atoms with Crippen LogP contribution in [0.2, 0.25) is 0 Å².